The molecule has 0 radical (unpaired) electrons. The molecule has 1 unspecified atom stereocenters. The SMILES string of the molecule is CC(Br)C(=O)c1c(O)cccc1C#N. The third-order valence-electron chi connectivity index (χ3n) is 1.77. The molecule has 0 bridgehead atoms. The predicted molar refractivity (Wildman–Crippen MR) is 55.5 cm³/mol. The molecule has 1 atom stereocenters. The van der Waals surface area contributed by atoms with Gasteiger partial charge in [0.15, 0.2) is 5.78 Å². The van der Waals surface area contributed by atoms with Crippen molar-refractivity contribution in [3.8, 4) is 11.8 Å². The minimum atomic E-state index is -0.414. The summed E-state index contributed by atoms with van der Waals surface area (Å²) >= 11 is 3.10. The van der Waals surface area contributed by atoms with Gasteiger partial charge in [-0.1, -0.05) is 22.0 Å². The van der Waals surface area contributed by atoms with Gasteiger partial charge in [-0.2, -0.15) is 5.26 Å². The zero-order chi connectivity index (χ0) is 10.7. The summed E-state index contributed by atoms with van der Waals surface area (Å²) < 4.78 is 0. The Morgan fingerprint density at radius 2 is 2.29 bits per heavy atom. The average Bonchev–Trinajstić information content (AvgIpc) is 2.16. The third kappa shape index (κ3) is 1.94. The first-order valence-electron chi connectivity index (χ1n) is 3.98. The average molecular weight is 254 g/mol. The lowest BCUT2D eigenvalue weighted by Crippen LogP contribution is -2.12. The third-order valence-corrected chi connectivity index (χ3v) is 2.19. The van der Waals surface area contributed by atoms with Gasteiger partial charge in [0.1, 0.15) is 11.8 Å². The Balaban J connectivity index is 3.33. The topological polar surface area (TPSA) is 61.1 Å². The van der Waals surface area contributed by atoms with Crippen LogP contribution in [0.4, 0.5) is 0 Å². The molecule has 14 heavy (non-hydrogen) atoms. The van der Waals surface area contributed by atoms with Crippen LogP contribution in [-0.4, -0.2) is 15.7 Å². The lowest BCUT2D eigenvalue weighted by Gasteiger charge is -2.06. The summed E-state index contributed by atoms with van der Waals surface area (Å²) in [6, 6.07) is 6.30. The van der Waals surface area contributed by atoms with Crippen LogP contribution in [0.15, 0.2) is 18.2 Å². The van der Waals surface area contributed by atoms with Gasteiger partial charge < -0.3 is 5.11 Å². The molecule has 0 aliphatic heterocycles. The molecule has 72 valence electrons. The van der Waals surface area contributed by atoms with Crippen molar-refractivity contribution in [2.75, 3.05) is 0 Å². The second-order valence-corrected chi connectivity index (χ2v) is 4.17. The van der Waals surface area contributed by atoms with E-state index in [0.717, 1.165) is 0 Å². The summed E-state index contributed by atoms with van der Waals surface area (Å²) in [5.74, 6) is -0.444. The van der Waals surface area contributed by atoms with Crippen LogP contribution in [0.3, 0.4) is 0 Å². The fourth-order valence-corrected chi connectivity index (χ4v) is 1.32. The van der Waals surface area contributed by atoms with Crippen molar-refractivity contribution in [2.24, 2.45) is 0 Å². The number of phenolic OH excluding ortho intramolecular Hbond substituents is 1. The lowest BCUT2D eigenvalue weighted by molar-refractivity contribution is 0.0993. The molecule has 0 saturated heterocycles. The van der Waals surface area contributed by atoms with Crippen LogP contribution in [0.2, 0.25) is 0 Å². The number of nitrogens with zero attached hydrogens (tertiary/aromatic N) is 1. The Kier molecular flexibility index (Phi) is 3.26. The molecule has 0 aliphatic rings. The summed E-state index contributed by atoms with van der Waals surface area (Å²) in [4.78, 5) is 11.2. The molecule has 0 saturated carbocycles. The van der Waals surface area contributed by atoms with E-state index in [9.17, 15) is 9.90 Å². The molecule has 1 aromatic carbocycles. The van der Waals surface area contributed by atoms with Crippen molar-refractivity contribution in [3.63, 3.8) is 0 Å². The maximum atomic E-state index is 11.6. The van der Waals surface area contributed by atoms with E-state index in [2.05, 4.69) is 15.9 Å². The van der Waals surface area contributed by atoms with Gasteiger partial charge in [0.05, 0.1) is 16.0 Å². The van der Waals surface area contributed by atoms with Crippen LogP contribution in [0.1, 0.15) is 22.8 Å². The molecule has 1 aromatic rings. The summed E-state index contributed by atoms with van der Waals surface area (Å²) in [6.45, 7) is 1.65. The highest BCUT2D eigenvalue weighted by Gasteiger charge is 2.19. The highest BCUT2D eigenvalue weighted by molar-refractivity contribution is 9.10. The number of rotatable bonds is 2. The first-order valence-corrected chi connectivity index (χ1v) is 4.90. The van der Waals surface area contributed by atoms with Crippen molar-refractivity contribution in [1.82, 2.24) is 0 Å². The van der Waals surface area contributed by atoms with E-state index < -0.39 is 4.83 Å². The van der Waals surface area contributed by atoms with E-state index in [-0.39, 0.29) is 22.7 Å². The molecule has 1 rings (SSSR count). The van der Waals surface area contributed by atoms with Gasteiger partial charge >= 0.3 is 0 Å². The number of alkyl halides is 1. The Morgan fingerprint density at radius 1 is 1.64 bits per heavy atom. The van der Waals surface area contributed by atoms with Gasteiger partial charge in [0.25, 0.3) is 0 Å². The van der Waals surface area contributed by atoms with Crippen LogP contribution in [0.5, 0.6) is 5.75 Å². The first kappa shape index (κ1) is 10.7. The van der Waals surface area contributed by atoms with Crippen LogP contribution in [0.25, 0.3) is 0 Å². The molecule has 4 heteroatoms. The van der Waals surface area contributed by atoms with Gasteiger partial charge in [-0.05, 0) is 19.1 Å². The molecule has 0 spiro atoms. The maximum absolute atomic E-state index is 11.6. The minimum absolute atomic E-state index is 0.0828. The molecule has 0 aliphatic carbocycles. The minimum Gasteiger partial charge on any atom is -0.507 e. The highest BCUT2D eigenvalue weighted by Crippen LogP contribution is 2.23. The van der Waals surface area contributed by atoms with E-state index in [1.165, 1.54) is 18.2 Å². The van der Waals surface area contributed by atoms with Crippen LogP contribution in [0, 0.1) is 11.3 Å². The van der Waals surface area contributed by atoms with Crippen LogP contribution < -0.4 is 0 Å². The fourth-order valence-electron chi connectivity index (χ4n) is 1.09. The normalized spacial score (nSPS) is 11.8. The van der Waals surface area contributed by atoms with Crippen molar-refractivity contribution in [2.45, 2.75) is 11.8 Å². The van der Waals surface area contributed by atoms with Crippen LogP contribution >= 0.6 is 15.9 Å². The van der Waals surface area contributed by atoms with E-state index >= 15 is 0 Å². The number of aromatic hydroxyl groups is 1. The quantitative estimate of drug-likeness (QED) is 0.650. The van der Waals surface area contributed by atoms with E-state index in [4.69, 9.17) is 5.26 Å². The number of nitriles is 1. The monoisotopic (exact) mass is 253 g/mol. The second-order valence-electron chi connectivity index (χ2n) is 2.79. The zero-order valence-corrected chi connectivity index (χ0v) is 9.08. The number of phenols is 1. The van der Waals surface area contributed by atoms with Crippen molar-refractivity contribution < 1.29 is 9.90 Å². The molecular weight excluding hydrogens is 246 g/mol. The van der Waals surface area contributed by atoms with E-state index in [1.54, 1.807) is 6.92 Å². The van der Waals surface area contributed by atoms with Crippen LogP contribution in [-0.2, 0) is 0 Å². The van der Waals surface area contributed by atoms with Gasteiger partial charge in [0.2, 0.25) is 0 Å². The molecule has 3 nitrogen and oxygen atoms in total. The number of carbonyl (C=O) groups is 1. The van der Waals surface area contributed by atoms with E-state index in [1.807, 2.05) is 6.07 Å². The Morgan fingerprint density at radius 3 is 2.79 bits per heavy atom. The van der Waals surface area contributed by atoms with Crippen molar-refractivity contribution in [1.29, 1.82) is 5.26 Å². The summed E-state index contributed by atoms with van der Waals surface area (Å²) in [5.41, 5.74) is 0.278. The summed E-state index contributed by atoms with van der Waals surface area (Å²) in [7, 11) is 0. The second kappa shape index (κ2) is 4.25. The summed E-state index contributed by atoms with van der Waals surface area (Å²) in [5, 5.41) is 18.2. The molecule has 1 N–H and O–H groups in total. The predicted octanol–water partition coefficient (Wildman–Crippen LogP) is 2.23. The maximum Gasteiger partial charge on any atom is 0.181 e. The number of carbonyl (C=O) groups excluding carboxylic acids is 1. The standard InChI is InChI=1S/C10H8BrNO2/c1-6(11)10(14)9-7(5-12)3-2-4-8(9)13/h2-4,6,13H,1H3. The number of benzene rings is 1. The number of hydrogen-bond donors (Lipinski definition) is 1. The molecule has 0 fully saturated rings. The smallest absolute Gasteiger partial charge is 0.181 e. The first-order chi connectivity index (χ1) is 6.57. The highest BCUT2D eigenvalue weighted by atomic mass is 79.9. The van der Waals surface area contributed by atoms with Gasteiger partial charge in [-0.15, -0.1) is 0 Å². The zero-order valence-electron chi connectivity index (χ0n) is 7.49. The Bertz CT molecular complexity index is 407. The summed E-state index contributed by atoms with van der Waals surface area (Å²) in [6.07, 6.45) is 0. The molecular formula is C10H8BrNO2. The Labute approximate surface area is 90.1 Å². The van der Waals surface area contributed by atoms with Gasteiger partial charge in [-0.3, -0.25) is 4.79 Å². The van der Waals surface area contributed by atoms with Gasteiger partial charge in [-0.25, -0.2) is 0 Å². The number of hydrogen-bond acceptors (Lipinski definition) is 3. The molecule has 0 aromatic heterocycles. The van der Waals surface area contributed by atoms with Crippen molar-refractivity contribution in [3.05, 3.63) is 29.3 Å². The largest absolute Gasteiger partial charge is 0.507 e. The van der Waals surface area contributed by atoms with E-state index in [0.29, 0.717) is 0 Å². The lowest BCUT2D eigenvalue weighted by atomic mass is 10.0. The number of ketones is 1. The fraction of sp³-hybridized carbons (Fsp3) is 0.200. The van der Waals surface area contributed by atoms with Gasteiger partial charge in [0, 0.05) is 0 Å². The molecule has 0 amide bonds. The Hall–Kier alpha value is -1.34. The van der Waals surface area contributed by atoms with Crippen molar-refractivity contribution >= 4 is 21.7 Å². The number of halogens is 1. The molecule has 0 heterocycles. The number of Topliss-reactive ketones (excluding diaryl/α,β-unsaturated/α-hetero) is 1.